The van der Waals surface area contributed by atoms with Crippen molar-refractivity contribution in [1.82, 2.24) is 5.32 Å². The minimum absolute atomic E-state index is 0.161. The molecule has 7 heteroatoms. The van der Waals surface area contributed by atoms with E-state index >= 15 is 0 Å². The number of fused-ring (bicyclic) bond motifs is 1. The van der Waals surface area contributed by atoms with Gasteiger partial charge < -0.3 is 5.32 Å². The molecule has 1 amide bonds. The van der Waals surface area contributed by atoms with Gasteiger partial charge in [-0.25, -0.2) is 8.42 Å². The summed E-state index contributed by atoms with van der Waals surface area (Å²) in [5, 5.41) is 4.54. The van der Waals surface area contributed by atoms with Gasteiger partial charge in [0.1, 0.15) is 4.21 Å². The van der Waals surface area contributed by atoms with E-state index in [1.807, 2.05) is 11.4 Å². The standard InChI is InChI=1S/C15H14N2O3S2/c18-14-11-2-1-3-13(12(11)8-16-14)17-22(19,20)15-10(6-7-21-15)9-4-5-9/h1-3,6-7,9,17H,4-5,8H2,(H,16,18). The van der Waals surface area contributed by atoms with Crippen molar-refractivity contribution in [2.24, 2.45) is 0 Å². The van der Waals surface area contributed by atoms with Gasteiger partial charge in [-0.3, -0.25) is 9.52 Å². The fourth-order valence-electron chi connectivity index (χ4n) is 2.76. The smallest absolute Gasteiger partial charge is 0.271 e. The third-order valence-corrected chi connectivity index (χ3v) is 6.89. The molecule has 2 heterocycles. The highest BCUT2D eigenvalue weighted by molar-refractivity contribution is 7.94. The van der Waals surface area contributed by atoms with Crippen LogP contribution in [0.25, 0.3) is 0 Å². The van der Waals surface area contributed by atoms with Crippen molar-refractivity contribution in [2.45, 2.75) is 29.5 Å². The molecule has 114 valence electrons. The van der Waals surface area contributed by atoms with Crippen molar-refractivity contribution in [2.75, 3.05) is 4.72 Å². The van der Waals surface area contributed by atoms with Gasteiger partial charge in [0.15, 0.2) is 0 Å². The van der Waals surface area contributed by atoms with Crippen LogP contribution in [0.5, 0.6) is 0 Å². The zero-order chi connectivity index (χ0) is 15.3. The first kappa shape index (κ1) is 13.8. The zero-order valence-corrected chi connectivity index (χ0v) is 13.3. The summed E-state index contributed by atoms with van der Waals surface area (Å²) < 4.78 is 28.4. The SMILES string of the molecule is O=C1NCc2c(NS(=O)(=O)c3sccc3C3CC3)cccc21. The number of hydrogen-bond donors (Lipinski definition) is 2. The largest absolute Gasteiger partial charge is 0.348 e. The summed E-state index contributed by atoms with van der Waals surface area (Å²) in [4.78, 5) is 11.7. The van der Waals surface area contributed by atoms with Gasteiger partial charge in [0, 0.05) is 17.7 Å². The van der Waals surface area contributed by atoms with Gasteiger partial charge in [-0.1, -0.05) is 6.07 Å². The van der Waals surface area contributed by atoms with Gasteiger partial charge in [0.05, 0.1) is 5.69 Å². The van der Waals surface area contributed by atoms with Crippen molar-refractivity contribution in [3.05, 3.63) is 46.3 Å². The second-order valence-electron chi connectivity index (χ2n) is 5.56. The van der Waals surface area contributed by atoms with Crippen molar-refractivity contribution >= 4 is 33.0 Å². The Morgan fingerprint density at radius 3 is 2.82 bits per heavy atom. The number of carbonyl (C=O) groups is 1. The molecule has 5 nitrogen and oxygen atoms in total. The molecule has 0 atom stereocenters. The van der Waals surface area contributed by atoms with Crippen LogP contribution in [-0.4, -0.2) is 14.3 Å². The Bertz CT molecular complexity index is 867. The summed E-state index contributed by atoms with van der Waals surface area (Å²) in [5.74, 6) is 0.216. The van der Waals surface area contributed by atoms with E-state index in [9.17, 15) is 13.2 Å². The van der Waals surface area contributed by atoms with E-state index in [1.165, 1.54) is 11.3 Å². The third kappa shape index (κ3) is 2.21. The van der Waals surface area contributed by atoms with Crippen LogP contribution >= 0.6 is 11.3 Å². The molecule has 0 radical (unpaired) electrons. The van der Waals surface area contributed by atoms with Crippen LogP contribution in [0.4, 0.5) is 5.69 Å². The van der Waals surface area contributed by atoms with Crippen molar-refractivity contribution in [3.8, 4) is 0 Å². The van der Waals surface area contributed by atoms with Crippen LogP contribution in [0, 0.1) is 0 Å². The quantitative estimate of drug-likeness (QED) is 0.902. The average Bonchev–Trinajstić information content (AvgIpc) is 3.07. The Morgan fingerprint density at radius 2 is 2.05 bits per heavy atom. The molecule has 1 fully saturated rings. The molecule has 0 spiro atoms. The first-order chi connectivity index (χ1) is 10.6. The van der Waals surface area contributed by atoms with E-state index < -0.39 is 10.0 Å². The maximum atomic E-state index is 12.7. The fraction of sp³-hybridized carbons (Fsp3) is 0.267. The molecule has 1 aromatic heterocycles. The van der Waals surface area contributed by atoms with Crippen molar-refractivity contribution in [3.63, 3.8) is 0 Å². The fourth-order valence-corrected chi connectivity index (χ4v) is 5.39. The van der Waals surface area contributed by atoms with Gasteiger partial charge in [0.2, 0.25) is 0 Å². The Balaban J connectivity index is 1.71. The van der Waals surface area contributed by atoms with Gasteiger partial charge in [-0.2, -0.15) is 0 Å². The lowest BCUT2D eigenvalue weighted by molar-refractivity contribution is 0.0965. The minimum atomic E-state index is -3.62. The van der Waals surface area contributed by atoms with Crippen LogP contribution in [-0.2, 0) is 16.6 Å². The molecule has 1 aromatic carbocycles. The maximum absolute atomic E-state index is 12.7. The number of rotatable bonds is 4. The van der Waals surface area contributed by atoms with Crippen LogP contribution < -0.4 is 10.0 Å². The Hall–Kier alpha value is -1.86. The lowest BCUT2D eigenvalue weighted by Gasteiger charge is -2.11. The molecule has 1 aliphatic heterocycles. The van der Waals surface area contributed by atoms with E-state index in [0.29, 0.717) is 33.5 Å². The molecule has 2 aromatic rings. The van der Waals surface area contributed by atoms with E-state index in [2.05, 4.69) is 10.0 Å². The molecule has 1 aliphatic carbocycles. The van der Waals surface area contributed by atoms with E-state index in [4.69, 9.17) is 0 Å². The van der Waals surface area contributed by atoms with Crippen LogP contribution in [0.1, 0.15) is 40.2 Å². The predicted octanol–water partition coefficient (Wildman–Crippen LogP) is 2.67. The number of benzene rings is 1. The highest BCUT2D eigenvalue weighted by atomic mass is 32.2. The van der Waals surface area contributed by atoms with Gasteiger partial charge >= 0.3 is 0 Å². The number of hydrogen-bond acceptors (Lipinski definition) is 4. The Labute approximate surface area is 132 Å². The molecule has 4 rings (SSSR count). The van der Waals surface area contributed by atoms with Crippen LogP contribution in [0.3, 0.4) is 0 Å². The summed E-state index contributed by atoms with van der Waals surface area (Å²) in [7, 11) is -3.62. The molecule has 22 heavy (non-hydrogen) atoms. The average molecular weight is 334 g/mol. The summed E-state index contributed by atoms with van der Waals surface area (Å²) in [6.45, 7) is 0.354. The van der Waals surface area contributed by atoms with Crippen molar-refractivity contribution < 1.29 is 13.2 Å². The molecule has 1 saturated carbocycles. The van der Waals surface area contributed by atoms with E-state index in [0.717, 1.165) is 18.4 Å². The number of anilines is 1. The number of amides is 1. The third-order valence-electron chi connectivity index (χ3n) is 4.01. The van der Waals surface area contributed by atoms with Gasteiger partial charge in [-0.15, -0.1) is 11.3 Å². The molecular weight excluding hydrogens is 320 g/mol. The Morgan fingerprint density at radius 1 is 1.23 bits per heavy atom. The monoisotopic (exact) mass is 334 g/mol. The van der Waals surface area contributed by atoms with Gasteiger partial charge in [-0.05, 0) is 47.9 Å². The van der Waals surface area contributed by atoms with Crippen LogP contribution in [0.2, 0.25) is 0 Å². The summed E-state index contributed by atoms with van der Waals surface area (Å²) in [6.07, 6.45) is 2.11. The highest BCUT2D eigenvalue weighted by Gasteiger charge is 2.32. The molecule has 2 aliphatic rings. The predicted molar refractivity (Wildman–Crippen MR) is 84.7 cm³/mol. The molecule has 2 N–H and O–H groups in total. The van der Waals surface area contributed by atoms with Gasteiger partial charge in [0.25, 0.3) is 15.9 Å². The molecular formula is C15H14N2O3S2. The highest BCUT2D eigenvalue weighted by Crippen LogP contribution is 2.45. The number of sulfonamides is 1. The summed E-state index contributed by atoms with van der Waals surface area (Å²) >= 11 is 1.24. The van der Waals surface area contributed by atoms with E-state index in [1.54, 1.807) is 18.2 Å². The molecule has 0 unspecified atom stereocenters. The van der Waals surface area contributed by atoms with Crippen LogP contribution in [0.15, 0.2) is 33.9 Å². The molecule has 0 saturated heterocycles. The minimum Gasteiger partial charge on any atom is -0.348 e. The lowest BCUT2D eigenvalue weighted by Crippen LogP contribution is -2.14. The topological polar surface area (TPSA) is 75.3 Å². The number of carbonyl (C=O) groups excluding carboxylic acids is 1. The second-order valence-corrected chi connectivity index (χ2v) is 8.35. The summed E-state index contributed by atoms with van der Waals surface area (Å²) in [5.41, 5.74) is 2.64. The first-order valence-corrected chi connectivity index (χ1v) is 9.43. The maximum Gasteiger partial charge on any atom is 0.271 e. The molecule has 0 bridgehead atoms. The summed E-state index contributed by atoms with van der Waals surface area (Å²) in [6, 6.07) is 6.99. The van der Waals surface area contributed by atoms with E-state index in [-0.39, 0.29) is 5.91 Å². The Kier molecular flexibility index (Phi) is 3.02. The lowest BCUT2D eigenvalue weighted by atomic mass is 10.1. The first-order valence-electron chi connectivity index (χ1n) is 7.06. The normalized spacial score (nSPS) is 17.2. The van der Waals surface area contributed by atoms with Crippen molar-refractivity contribution in [1.29, 1.82) is 0 Å². The second kappa shape index (κ2) is 4.82. The number of thiophene rings is 1. The zero-order valence-electron chi connectivity index (χ0n) is 11.6. The number of nitrogens with one attached hydrogen (secondary N) is 2.